The van der Waals surface area contributed by atoms with Crippen molar-refractivity contribution in [2.75, 3.05) is 17.2 Å². The van der Waals surface area contributed by atoms with E-state index in [1.165, 1.54) is 0 Å². The molecule has 1 aliphatic rings. The van der Waals surface area contributed by atoms with Gasteiger partial charge in [0, 0.05) is 17.3 Å². The molecule has 0 saturated heterocycles. The summed E-state index contributed by atoms with van der Waals surface area (Å²) in [5.74, 6) is 0.883. The summed E-state index contributed by atoms with van der Waals surface area (Å²) in [6.45, 7) is 6.69. The summed E-state index contributed by atoms with van der Waals surface area (Å²) >= 11 is 5.35. The number of carbonyl (C=O) groups is 2. The maximum absolute atomic E-state index is 12.8. The first-order valence-electron chi connectivity index (χ1n) is 10.6. The third kappa shape index (κ3) is 6.52. The Kier molecular flexibility index (Phi) is 7.63. The van der Waals surface area contributed by atoms with Crippen molar-refractivity contribution in [3.63, 3.8) is 0 Å². The molecule has 6 nitrogen and oxygen atoms in total. The van der Waals surface area contributed by atoms with Crippen molar-refractivity contribution in [1.82, 2.24) is 5.32 Å². The number of amides is 2. The standard InChI is InChI=1S/C24H29N3O3S/c1-15(2)13-14-30-21-10-5-4-7-18(21)23(29)27-24(31)26-20-9-6-8-19(16(20)3)25-22(28)17-11-12-17/h4-10,15,17H,11-14H2,1-3H3,(H,25,28)(H2,26,27,29,31). The van der Waals surface area contributed by atoms with Gasteiger partial charge in [-0.15, -0.1) is 0 Å². The Morgan fingerprint density at radius 2 is 1.74 bits per heavy atom. The number of carbonyl (C=O) groups excluding carboxylic acids is 2. The lowest BCUT2D eigenvalue weighted by Gasteiger charge is -2.16. The summed E-state index contributed by atoms with van der Waals surface area (Å²) in [6, 6.07) is 12.7. The summed E-state index contributed by atoms with van der Waals surface area (Å²) in [5.41, 5.74) is 2.74. The van der Waals surface area contributed by atoms with Crippen LogP contribution in [0.4, 0.5) is 11.4 Å². The normalized spacial score (nSPS) is 12.9. The Balaban J connectivity index is 1.62. The van der Waals surface area contributed by atoms with Crippen molar-refractivity contribution in [3.05, 3.63) is 53.6 Å². The summed E-state index contributed by atoms with van der Waals surface area (Å²) < 4.78 is 5.80. The number of ether oxygens (including phenoxy) is 1. The molecule has 3 rings (SSSR count). The molecule has 2 amide bonds. The second-order valence-electron chi connectivity index (χ2n) is 8.18. The minimum absolute atomic E-state index is 0.0465. The van der Waals surface area contributed by atoms with Gasteiger partial charge >= 0.3 is 0 Å². The molecule has 1 saturated carbocycles. The van der Waals surface area contributed by atoms with Crippen LogP contribution in [0.5, 0.6) is 5.75 Å². The van der Waals surface area contributed by atoms with Crippen molar-refractivity contribution in [3.8, 4) is 5.75 Å². The third-order valence-electron chi connectivity index (χ3n) is 5.10. The molecule has 3 N–H and O–H groups in total. The lowest BCUT2D eigenvalue weighted by molar-refractivity contribution is -0.117. The molecule has 31 heavy (non-hydrogen) atoms. The molecule has 1 fully saturated rings. The van der Waals surface area contributed by atoms with Crippen LogP contribution >= 0.6 is 12.2 Å². The molecule has 0 heterocycles. The third-order valence-corrected chi connectivity index (χ3v) is 5.30. The van der Waals surface area contributed by atoms with Crippen LogP contribution in [-0.2, 0) is 4.79 Å². The largest absolute Gasteiger partial charge is 0.493 e. The molecule has 0 spiro atoms. The monoisotopic (exact) mass is 439 g/mol. The number of benzene rings is 2. The summed E-state index contributed by atoms with van der Waals surface area (Å²) in [6.07, 6.45) is 2.80. The number of nitrogens with one attached hydrogen (secondary N) is 3. The van der Waals surface area contributed by atoms with Crippen molar-refractivity contribution in [1.29, 1.82) is 0 Å². The highest BCUT2D eigenvalue weighted by Gasteiger charge is 2.29. The molecular weight excluding hydrogens is 410 g/mol. The highest BCUT2D eigenvalue weighted by Crippen LogP contribution is 2.31. The fourth-order valence-electron chi connectivity index (χ4n) is 3.00. The molecule has 0 radical (unpaired) electrons. The Bertz CT molecular complexity index is 970. The summed E-state index contributed by atoms with van der Waals surface area (Å²) in [4.78, 5) is 24.8. The maximum atomic E-state index is 12.8. The average Bonchev–Trinajstić information content (AvgIpc) is 3.56. The molecular formula is C24H29N3O3S. The lowest BCUT2D eigenvalue weighted by atomic mass is 10.1. The van der Waals surface area contributed by atoms with Crippen molar-refractivity contribution >= 4 is 40.5 Å². The quantitative estimate of drug-likeness (QED) is 0.510. The van der Waals surface area contributed by atoms with Gasteiger partial charge < -0.3 is 15.4 Å². The van der Waals surface area contributed by atoms with Gasteiger partial charge in [0.2, 0.25) is 5.91 Å². The minimum atomic E-state index is -0.339. The van der Waals surface area contributed by atoms with E-state index in [0.29, 0.717) is 23.8 Å². The molecule has 2 aromatic carbocycles. The van der Waals surface area contributed by atoms with E-state index >= 15 is 0 Å². The van der Waals surface area contributed by atoms with E-state index in [0.717, 1.165) is 36.2 Å². The van der Waals surface area contributed by atoms with Gasteiger partial charge in [-0.25, -0.2) is 0 Å². The maximum Gasteiger partial charge on any atom is 0.261 e. The number of thiocarbonyl (C=S) groups is 1. The van der Waals surface area contributed by atoms with Crippen molar-refractivity contribution in [2.45, 2.75) is 40.0 Å². The molecule has 0 bridgehead atoms. The average molecular weight is 440 g/mol. The van der Waals surface area contributed by atoms with E-state index < -0.39 is 0 Å². The Morgan fingerprint density at radius 1 is 1.06 bits per heavy atom. The van der Waals surface area contributed by atoms with Gasteiger partial charge in [-0.1, -0.05) is 32.0 Å². The minimum Gasteiger partial charge on any atom is -0.493 e. The van der Waals surface area contributed by atoms with Gasteiger partial charge in [-0.05, 0) is 74.2 Å². The zero-order valence-corrected chi connectivity index (χ0v) is 19.0. The molecule has 164 valence electrons. The number of rotatable bonds is 8. The Labute approximate surface area is 188 Å². The smallest absolute Gasteiger partial charge is 0.261 e. The molecule has 0 unspecified atom stereocenters. The van der Waals surface area contributed by atoms with Crippen LogP contribution in [-0.4, -0.2) is 23.5 Å². The highest BCUT2D eigenvalue weighted by atomic mass is 32.1. The fraction of sp³-hybridized carbons (Fsp3) is 0.375. The second-order valence-corrected chi connectivity index (χ2v) is 8.59. The van der Waals surface area contributed by atoms with Gasteiger partial charge in [0.15, 0.2) is 5.11 Å². The first-order chi connectivity index (χ1) is 14.8. The molecule has 1 aliphatic carbocycles. The first kappa shape index (κ1) is 22.7. The van der Waals surface area contributed by atoms with Crippen LogP contribution in [0.3, 0.4) is 0 Å². The molecule has 7 heteroatoms. The predicted molar refractivity (Wildman–Crippen MR) is 128 cm³/mol. The van der Waals surface area contributed by atoms with E-state index in [4.69, 9.17) is 17.0 Å². The molecule has 0 atom stereocenters. The lowest BCUT2D eigenvalue weighted by Crippen LogP contribution is -2.34. The number of anilines is 2. The van der Waals surface area contributed by atoms with Crippen LogP contribution in [0.15, 0.2) is 42.5 Å². The number of hydrogen-bond acceptors (Lipinski definition) is 4. The van der Waals surface area contributed by atoms with Crippen LogP contribution in [0.25, 0.3) is 0 Å². The van der Waals surface area contributed by atoms with Crippen LogP contribution in [0.2, 0.25) is 0 Å². The SMILES string of the molecule is Cc1c(NC(=O)C2CC2)cccc1NC(=S)NC(=O)c1ccccc1OCCC(C)C. The van der Waals surface area contributed by atoms with Crippen LogP contribution in [0, 0.1) is 18.8 Å². The molecule has 0 aromatic heterocycles. The first-order valence-corrected chi connectivity index (χ1v) is 11.0. The van der Waals surface area contributed by atoms with E-state index in [2.05, 4.69) is 29.8 Å². The van der Waals surface area contributed by atoms with Gasteiger partial charge in [0.25, 0.3) is 5.91 Å². The zero-order chi connectivity index (χ0) is 22.4. The predicted octanol–water partition coefficient (Wildman–Crippen LogP) is 4.90. The fourth-order valence-corrected chi connectivity index (χ4v) is 3.20. The topological polar surface area (TPSA) is 79.5 Å². The summed E-state index contributed by atoms with van der Waals surface area (Å²) in [7, 11) is 0. The van der Waals surface area contributed by atoms with Gasteiger partial charge in [0.05, 0.1) is 12.2 Å². The molecule has 0 aliphatic heterocycles. The Hall–Kier alpha value is -2.93. The van der Waals surface area contributed by atoms with Gasteiger partial charge in [-0.2, -0.15) is 0 Å². The van der Waals surface area contributed by atoms with Gasteiger partial charge in [-0.3, -0.25) is 14.9 Å². The summed E-state index contributed by atoms with van der Waals surface area (Å²) in [5, 5.41) is 8.91. The van der Waals surface area contributed by atoms with Crippen molar-refractivity contribution < 1.29 is 14.3 Å². The Morgan fingerprint density at radius 3 is 2.42 bits per heavy atom. The van der Waals surface area contributed by atoms with E-state index in [-0.39, 0.29) is 22.8 Å². The molecule has 2 aromatic rings. The number of hydrogen-bond donors (Lipinski definition) is 3. The van der Waals surface area contributed by atoms with Crippen LogP contribution in [0.1, 0.15) is 49.0 Å². The highest BCUT2D eigenvalue weighted by molar-refractivity contribution is 7.80. The van der Waals surface area contributed by atoms with E-state index in [1.54, 1.807) is 18.2 Å². The van der Waals surface area contributed by atoms with E-state index in [1.807, 2.05) is 31.2 Å². The van der Waals surface area contributed by atoms with Crippen molar-refractivity contribution in [2.24, 2.45) is 11.8 Å². The van der Waals surface area contributed by atoms with Gasteiger partial charge in [0.1, 0.15) is 5.75 Å². The van der Waals surface area contributed by atoms with Crippen LogP contribution < -0.4 is 20.7 Å². The second kappa shape index (κ2) is 10.4. The zero-order valence-electron chi connectivity index (χ0n) is 18.2. The van der Waals surface area contributed by atoms with E-state index in [9.17, 15) is 9.59 Å². The number of para-hydroxylation sites is 1.